The van der Waals surface area contributed by atoms with Crippen LogP contribution in [0.1, 0.15) is 46.3 Å². The summed E-state index contributed by atoms with van der Waals surface area (Å²) in [6.07, 6.45) is -0.380. The largest absolute Gasteiger partial charge is 0.483 e. The minimum atomic E-state index is -0.989. The van der Waals surface area contributed by atoms with Crippen LogP contribution in [-0.4, -0.2) is 23.6 Å². The molecular formula is C21H22O7. The molecular weight excluding hydrogens is 364 g/mol. The second-order valence-electron chi connectivity index (χ2n) is 7.50. The molecule has 1 aliphatic rings. The van der Waals surface area contributed by atoms with Crippen LogP contribution in [0.5, 0.6) is 5.75 Å². The Kier molecular flexibility index (Phi) is 5.02. The first-order valence-corrected chi connectivity index (χ1v) is 8.86. The van der Waals surface area contributed by atoms with Crippen molar-refractivity contribution in [2.24, 2.45) is 0 Å². The smallest absolute Gasteiger partial charge is 0.336 e. The fourth-order valence-corrected chi connectivity index (χ4v) is 3.20. The average molecular weight is 386 g/mol. The molecule has 0 amide bonds. The number of esters is 2. The van der Waals surface area contributed by atoms with Crippen LogP contribution in [0.15, 0.2) is 45.1 Å². The Morgan fingerprint density at radius 3 is 2.46 bits per heavy atom. The molecule has 2 heterocycles. The van der Waals surface area contributed by atoms with Gasteiger partial charge in [-0.05, 0) is 39.8 Å². The van der Waals surface area contributed by atoms with Crippen LogP contribution >= 0.6 is 0 Å². The Morgan fingerprint density at radius 1 is 1.11 bits per heavy atom. The van der Waals surface area contributed by atoms with Gasteiger partial charge in [0.1, 0.15) is 16.9 Å². The summed E-state index contributed by atoms with van der Waals surface area (Å²) < 4.78 is 22.4. The molecule has 0 spiro atoms. The lowest BCUT2D eigenvalue weighted by molar-refractivity contribution is -0.186. The van der Waals surface area contributed by atoms with Crippen molar-refractivity contribution in [1.29, 1.82) is 0 Å². The molecule has 0 saturated carbocycles. The number of hydrogen-bond acceptors (Lipinski definition) is 7. The number of fused-ring (bicyclic) bond motifs is 2. The molecule has 3 rings (SSSR count). The van der Waals surface area contributed by atoms with Crippen molar-refractivity contribution in [3.05, 3.63) is 51.9 Å². The number of ether oxygens (including phenoxy) is 3. The molecule has 0 fully saturated rings. The molecule has 148 valence electrons. The average Bonchev–Trinajstić information content (AvgIpc) is 2.55. The van der Waals surface area contributed by atoms with Gasteiger partial charge in [-0.1, -0.05) is 5.57 Å². The number of allylic oxidation sites excluding steroid dienone is 1. The van der Waals surface area contributed by atoms with E-state index in [9.17, 15) is 14.4 Å². The molecule has 0 saturated heterocycles. The van der Waals surface area contributed by atoms with Gasteiger partial charge >= 0.3 is 17.6 Å². The lowest BCUT2D eigenvalue weighted by Gasteiger charge is -2.43. The van der Waals surface area contributed by atoms with Crippen LogP contribution in [-0.2, 0) is 19.1 Å². The van der Waals surface area contributed by atoms with Gasteiger partial charge < -0.3 is 18.6 Å². The lowest BCUT2D eigenvalue weighted by Crippen LogP contribution is -2.51. The van der Waals surface area contributed by atoms with Gasteiger partial charge in [-0.25, -0.2) is 9.59 Å². The molecule has 0 aliphatic carbocycles. The SMILES string of the molecule is CC(=O)OC1C(OC(=O)C=C(C)C)c2cc3ccc(=O)oc3cc2OC1(C)C. The van der Waals surface area contributed by atoms with E-state index < -0.39 is 35.4 Å². The van der Waals surface area contributed by atoms with Crippen LogP contribution in [0.25, 0.3) is 11.0 Å². The molecule has 2 unspecified atom stereocenters. The van der Waals surface area contributed by atoms with Gasteiger partial charge in [0.2, 0.25) is 0 Å². The molecule has 0 radical (unpaired) electrons. The van der Waals surface area contributed by atoms with Gasteiger partial charge in [0.25, 0.3) is 0 Å². The molecule has 7 heteroatoms. The Balaban J connectivity index is 2.16. The van der Waals surface area contributed by atoms with E-state index in [1.807, 2.05) is 0 Å². The van der Waals surface area contributed by atoms with E-state index >= 15 is 0 Å². The topological polar surface area (TPSA) is 92.0 Å². The van der Waals surface area contributed by atoms with E-state index in [1.165, 1.54) is 19.1 Å². The normalized spacial score (nSPS) is 19.9. The van der Waals surface area contributed by atoms with Crippen molar-refractivity contribution >= 4 is 22.9 Å². The zero-order valence-corrected chi connectivity index (χ0v) is 16.4. The van der Waals surface area contributed by atoms with Crippen molar-refractivity contribution in [2.45, 2.75) is 52.4 Å². The number of carbonyl (C=O) groups excluding carboxylic acids is 2. The Bertz CT molecular complexity index is 1020. The molecule has 0 bridgehead atoms. The monoisotopic (exact) mass is 386 g/mol. The van der Waals surface area contributed by atoms with Gasteiger partial charge in [-0.2, -0.15) is 0 Å². The highest BCUT2D eigenvalue weighted by molar-refractivity contribution is 5.84. The van der Waals surface area contributed by atoms with E-state index in [0.29, 0.717) is 22.3 Å². The van der Waals surface area contributed by atoms with E-state index in [-0.39, 0.29) is 0 Å². The summed E-state index contributed by atoms with van der Waals surface area (Å²) in [7, 11) is 0. The van der Waals surface area contributed by atoms with Gasteiger partial charge in [-0.15, -0.1) is 0 Å². The lowest BCUT2D eigenvalue weighted by atomic mass is 9.87. The molecule has 7 nitrogen and oxygen atoms in total. The van der Waals surface area contributed by atoms with Gasteiger partial charge in [-0.3, -0.25) is 4.79 Å². The van der Waals surface area contributed by atoms with Crippen LogP contribution < -0.4 is 10.4 Å². The van der Waals surface area contributed by atoms with Crippen molar-refractivity contribution in [1.82, 2.24) is 0 Å². The zero-order chi connectivity index (χ0) is 20.6. The third-order valence-electron chi connectivity index (χ3n) is 4.33. The summed E-state index contributed by atoms with van der Waals surface area (Å²) in [6.45, 7) is 8.31. The quantitative estimate of drug-likeness (QED) is 0.453. The number of benzene rings is 1. The predicted molar refractivity (Wildman–Crippen MR) is 101 cm³/mol. The fraction of sp³-hybridized carbons (Fsp3) is 0.381. The molecule has 2 aromatic rings. The summed E-state index contributed by atoms with van der Waals surface area (Å²) in [5, 5.41) is 0.631. The molecule has 1 aromatic carbocycles. The summed E-state index contributed by atoms with van der Waals surface area (Å²) in [5.74, 6) is -0.670. The predicted octanol–water partition coefficient (Wildman–Crippen LogP) is 3.45. The van der Waals surface area contributed by atoms with Crippen molar-refractivity contribution < 1.29 is 28.2 Å². The van der Waals surface area contributed by atoms with Crippen molar-refractivity contribution in [3.8, 4) is 5.75 Å². The minimum absolute atomic E-state index is 0.349. The highest BCUT2D eigenvalue weighted by Gasteiger charge is 2.48. The third-order valence-corrected chi connectivity index (χ3v) is 4.33. The molecule has 1 aromatic heterocycles. The van der Waals surface area contributed by atoms with Crippen molar-refractivity contribution in [2.75, 3.05) is 0 Å². The van der Waals surface area contributed by atoms with Crippen LogP contribution in [0.3, 0.4) is 0 Å². The first kappa shape index (κ1) is 19.7. The maximum absolute atomic E-state index is 12.3. The summed E-state index contributed by atoms with van der Waals surface area (Å²) >= 11 is 0. The van der Waals surface area contributed by atoms with E-state index in [1.54, 1.807) is 45.9 Å². The number of carbonyl (C=O) groups is 2. The first-order valence-electron chi connectivity index (χ1n) is 8.86. The van der Waals surface area contributed by atoms with E-state index in [0.717, 1.165) is 5.57 Å². The summed E-state index contributed by atoms with van der Waals surface area (Å²) in [6, 6.07) is 6.20. The Labute approximate surface area is 161 Å². The van der Waals surface area contributed by atoms with Crippen LogP contribution in [0, 0.1) is 0 Å². The maximum atomic E-state index is 12.3. The van der Waals surface area contributed by atoms with Gasteiger partial charge in [0.15, 0.2) is 12.2 Å². The maximum Gasteiger partial charge on any atom is 0.336 e. The number of hydrogen-bond donors (Lipinski definition) is 0. The van der Waals surface area contributed by atoms with E-state index in [2.05, 4.69) is 0 Å². The van der Waals surface area contributed by atoms with Crippen LogP contribution in [0.2, 0.25) is 0 Å². The highest BCUT2D eigenvalue weighted by Crippen LogP contribution is 2.45. The van der Waals surface area contributed by atoms with Gasteiger partial charge in [0, 0.05) is 36.1 Å². The minimum Gasteiger partial charge on any atom is -0.483 e. The standard InChI is InChI=1S/C21H22O7/c1-11(2)8-18(24)27-19-14-9-13-6-7-17(23)26-15(13)10-16(14)28-21(4,5)20(19)25-12(3)22/h6-10,19-20H,1-5H3. The second kappa shape index (κ2) is 7.14. The summed E-state index contributed by atoms with van der Waals surface area (Å²) in [4.78, 5) is 35.6. The zero-order valence-electron chi connectivity index (χ0n) is 16.4. The second-order valence-corrected chi connectivity index (χ2v) is 7.50. The molecule has 2 atom stereocenters. The van der Waals surface area contributed by atoms with E-state index in [4.69, 9.17) is 18.6 Å². The first-order chi connectivity index (χ1) is 13.1. The Morgan fingerprint density at radius 2 is 1.82 bits per heavy atom. The third kappa shape index (κ3) is 3.93. The summed E-state index contributed by atoms with van der Waals surface area (Å²) in [5.41, 5.74) is 0.189. The van der Waals surface area contributed by atoms with Crippen LogP contribution in [0.4, 0.5) is 0 Å². The molecule has 1 aliphatic heterocycles. The van der Waals surface area contributed by atoms with Crippen molar-refractivity contribution in [3.63, 3.8) is 0 Å². The Hall–Kier alpha value is -3.09. The highest BCUT2D eigenvalue weighted by atomic mass is 16.6. The van der Waals surface area contributed by atoms with Gasteiger partial charge in [0.05, 0.1) is 0 Å². The molecule has 0 N–H and O–H groups in total. The number of rotatable bonds is 3. The fourth-order valence-electron chi connectivity index (χ4n) is 3.20. The molecule has 28 heavy (non-hydrogen) atoms.